The maximum absolute atomic E-state index is 4.33. The molecule has 0 aliphatic heterocycles. The third-order valence-corrected chi connectivity index (χ3v) is 3.54. The van der Waals surface area contributed by atoms with E-state index in [0.29, 0.717) is 0 Å². The lowest BCUT2D eigenvalue weighted by atomic mass is 10.3. The van der Waals surface area contributed by atoms with Crippen molar-refractivity contribution in [3.8, 4) is 0 Å². The third-order valence-electron chi connectivity index (χ3n) is 2.23. The zero-order chi connectivity index (χ0) is 9.42. The molecule has 2 nitrogen and oxygen atoms in total. The highest BCUT2D eigenvalue weighted by atomic mass is 32.2. The van der Waals surface area contributed by atoms with Crippen LogP contribution in [0.3, 0.4) is 0 Å². The lowest BCUT2D eigenvalue weighted by molar-refractivity contribution is 0.947. The first-order valence-corrected chi connectivity index (χ1v) is 6.50. The largest absolute Gasteiger partial charge is 0.334 e. The van der Waals surface area contributed by atoms with Gasteiger partial charge in [0.2, 0.25) is 0 Å². The second-order valence-electron chi connectivity index (χ2n) is 3.42. The number of imidazole rings is 1. The van der Waals surface area contributed by atoms with Crippen LogP contribution in [0.4, 0.5) is 0 Å². The maximum Gasteiger partial charge on any atom is 0.0955 e. The Morgan fingerprint density at radius 1 is 1.31 bits per heavy atom. The Labute approximate surface area is 80.9 Å². The Bertz CT molecular complexity index is 431. The first-order valence-electron chi connectivity index (χ1n) is 4.27. The van der Waals surface area contributed by atoms with Crippen molar-refractivity contribution in [2.75, 3.05) is 12.5 Å². The lowest BCUT2D eigenvalue weighted by Crippen LogP contribution is -1.84. The number of rotatable bonds is 1. The molecular formula is C10H14N2S. The highest BCUT2D eigenvalue weighted by Crippen LogP contribution is 2.30. The number of nitrogens with zero attached hydrogens (tertiary/aromatic N) is 2. The topological polar surface area (TPSA) is 17.8 Å². The van der Waals surface area contributed by atoms with Gasteiger partial charge in [-0.15, -0.1) is 0 Å². The lowest BCUT2D eigenvalue weighted by Gasteiger charge is -2.08. The van der Waals surface area contributed by atoms with E-state index in [1.807, 2.05) is 17.9 Å². The minimum absolute atomic E-state index is 0.00878. The Kier molecular flexibility index (Phi) is 2.04. The zero-order valence-electron chi connectivity index (χ0n) is 8.15. The minimum Gasteiger partial charge on any atom is -0.334 e. The van der Waals surface area contributed by atoms with Crippen molar-refractivity contribution in [1.29, 1.82) is 0 Å². The Hall–Kier alpha value is -0.960. The average Bonchev–Trinajstić information content (AvgIpc) is 2.47. The summed E-state index contributed by atoms with van der Waals surface area (Å²) < 4.78 is 2.05. The van der Waals surface area contributed by atoms with Gasteiger partial charge in [0, 0.05) is 7.05 Å². The molecule has 0 unspecified atom stereocenters. The highest BCUT2D eigenvalue weighted by Gasteiger charge is 2.01. The molecule has 0 amide bonds. The summed E-state index contributed by atoms with van der Waals surface area (Å²) in [4.78, 5) is 5.75. The molecule has 2 rings (SSSR count). The zero-order valence-corrected chi connectivity index (χ0v) is 9.05. The average molecular weight is 194 g/mol. The molecule has 0 spiro atoms. The van der Waals surface area contributed by atoms with Crippen LogP contribution in [0, 0.1) is 0 Å². The summed E-state index contributed by atoms with van der Waals surface area (Å²) in [6, 6.07) is 6.55. The predicted octanol–water partition coefficient (Wildman–Crippen LogP) is 2.19. The van der Waals surface area contributed by atoms with Gasteiger partial charge in [0.1, 0.15) is 0 Å². The smallest absolute Gasteiger partial charge is 0.0955 e. The van der Waals surface area contributed by atoms with Gasteiger partial charge in [0.15, 0.2) is 0 Å². The molecular weight excluding hydrogens is 180 g/mol. The molecule has 13 heavy (non-hydrogen) atoms. The SMILES string of the molecule is Cn1cnc2cc([SH](C)C)ccc21. The highest BCUT2D eigenvalue weighted by molar-refractivity contribution is 8.15. The molecule has 1 aromatic carbocycles. The van der Waals surface area contributed by atoms with Crippen LogP contribution >= 0.6 is 10.9 Å². The summed E-state index contributed by atoms with van der Waals surface area (Å²) >= 11 is 0. The van der Waals surface area contributed by atoms with Crippen LogP contribution in [0.15, 0.2) is 29.4 Å². The summed E-state index contributed by atoms with van der Waals surface area (Å²) in [7, 11) is 2.01. The van der Waals surface area contributed by atoms with Crippen molar-refractivity contribution < 1.29 is 0 Å². The van der Waals surface area contributed by atoms with Crippen LogP contribution in [0.25, 0.3) is 11.0 Å². The summed E-state index contributed by atoms with van der Waals surface area (Å²) in [5.74, 6) is 0. The van der Waals surface area contributed by atoms with Gasteiger partial charge in [-0.05, 0) is 35.6 Å². The molecule has 70 valence electrons. The van der Waals surface area contributed by atoms with Gasteiger partial charge in [-0.2, -0.15) is 0 Å². The quantitative estimate of drug-likeness (QED) is 0.689. The van der Waals surface area contributed by atoms with E-state index in [9.17, 15) is 0 Å². The molecule has 2 aromatic rings. The maximum atomic E-state index is 4.33. The predicted molar refractivity (Wildman–Crippen MR) is 59.8 cm³/mol. The van der Waals surface area contributed by atoms with Gasteiger partial charge in [-0.3, -0.25) is 0 Å². The molecule has 1 heterocycles. The van der Waals surface area contributed by atoms with Crippen molar-refractivity contribution in [2.24, 2.45) is 7.05 Å². The number of thiol groups is 1. The van der Waals surface area contributed by atoms with E-state index in [2.05, 4.69) is 35.7 Å². The Morgan fingerprint density at radius 3 is 2.77 bits per heavy atom. The summed E-state index contributed by atoms with van der Waals surface area (Å²) in [5, 5.41) is 0. The first-order chi connectivity index (χ1) is 6.18. The summed E-state index contributed by atoms with van der Waals surface area (Å²) in [6.45, 7) is 0. The molecule has 0 saturated heterocycles. The summed E-state index contributed by atoms with van der Waals surface area (Å²) in [6.07, 6.45) is 6.39. The van der Waals surface area contributed by atoms with Gasteiger partial charge >= 0.3 is 0 Å². The van der Waals surface area contributed by atoms with E-state index in [1.54, 1.807) is 0 Å². The van der Waals surface area contributed by atoms with Crippen molar-refractivity contribution in [3.63, 3.8) is 0 Å². The molecule has 1 aromatic heterocycles. The number of hydrogen-bond donors (Lipinski definition) is 1. The van der Waals surface area contributed by atoms with E-state index in [0.717, 1.165) is 5.52 Å². The van der Waals surface area contributed by atoms with Gasteiger partial charge in [-0.25, -0.2) is 15.9 Å². The van der Waals surface area contributed by atoms with Crippen LogP contribution in [0.1, 0.15) is 0 Å². The molecule has 0 fully saturated rings. The van der Waals surface area contributed by atoms with Crippen LogP contribution in [0.2, 0.25) is 0 Å². The molecule has 0 atom stereocenters. The van der Waals surface area contributed by atoms with Crippen molar-refractivity contribution in [2.45, 2.75) is 4.90 Å². The number of hydrogen-bond acceptors (Lipinski definition) is 1. The van der Waals surface area contributed by atoms with Crippen LogP contribution in [-0.2, 0) is 7.05 Å². The van der Waals surface area contributed by atoms with E-state index < -0.39 is 0 Å². The van der Waals surface area contributed by atoms with Crippen molar-refractivity contribution >= 4 is 21.9 Å². The van der Waals surface area contributed by atoms with Crippen molar-refractivity contribution in [3.05, 3.63) is 24.5 Å². The van der Waals surface area contributed by atoms with Gasteiger partial charge in [0.05, 0.1) is 17.4 Å². The number of aromatic nitrogens is 2. The standard InChI is InChI=1S/C10H14N2S/c1-12-7-11-9-6-8(13(2)3)4-5-10(9)12/h4-7,13H,1-3H3. The Morgan fingerprint density at radius 2 is 2.08 bits per heavy atom. The monoisotopic (exact) mass is 194 g/mol. The van der Waals surface area contributed by atoms with E-state index >= 15 is 0 Å². The van der Waals surface area contributed by atoms with Crippen LogP contribution in [0.5, 0.6) is 0 Å². The second kappa shape index (κ2) is 3.07. The van der Waals surface area contributed by atoms with E-state index in [-0.39, 0.29) is 10.9 Å². The minimum atomic E-state index is -0.00878. The molecule has 0 aliphatic rings. The Balaban J connectivity index is 2.63. The fraction of sp³-hybridized carbons (Fsp3) is 0.300. The number of benzene rings is 1. The molecule has 0 radical (unpaired) electrons. The van der Waals surface area contributed by atoms with E-state index in [1.165, 1.54) is 10.4 Å². The molecule has 3 heteroatoms. The van der Waals surface area contributed by atoms with Gasteiger partial charge in [0.25, 0.3) is 0 Å². The number of fused-ring (bicyclic) bond motifs is 1. The molecule has 0 saturated carbocycles. The molecule has 0 bridgehead atoms. The third kappa shape index (κ3) is 1.44. The van der Waals surface area contributed by atoms with Gasteiger partial charge < -0.3 is 4.57 Å². The summed E-state index contributed by atoms with van der Waals surface area (Å²) in [5.41, 5.74) is 2.32. The molecule has 0 N–H and O–H groups in total. The van der Waals surface area contributed by atoms with Crippen molar-refractivity contribution in [1.82, 2.24) is 9.55 Å². The second-order valence-corrected chi connectivity index (χ2v) is 5.73. The number of aryl methyl sites for hydroxylation is 1. The fourth-order valence-corrected chi connectivity index (χ4v) is 2.16. The van der Waals surface area contributed by atoms with Crippen LogP contribution in [-0.4, -0.2) is 22.1 Å². The molecule has 0 aliphatic carbocycles. The van der Waals surface area contributed by atoms with E-state index in [4.69, 9.17) is 0 Å². The van der Waals surface area contributed by atoms with Gasteiger partial charge in [-0.1, -0.05) is 0 Å². The normalized spacial score (nSPS) is 12.1. The first kappa shape index (κ1) is 8.63. The fourth-order valence-electron chi connectivity index (χ4n) is 1.40. The van der Waals surface area contributed by atoms with Crippen LogP contribution < -0.4 is 0 Å².